The highest BCUT2D eigenvalue weighted by atomic mass is 35.5. The molecule has 0 aliphatic rings. The second-order valence-corrected chi connectivity index (χ2v) is 4.61. The van der Waals surface area contributed by atoms with Crippen molar-refractivity contribution in [2.24, 2.45) is 0 Å². The number of nitrogens with one attached hydrogen (secondary N) is 1. The van der Waals surface area contributed by atoms with Gasteiger partial charge in [0.2, 0.25) is 0 Å². The van der Waals surface area contributed by atoms with Gasteiger partial charge in [-0.2, -0.15) is 0 Å². The van der Waals surface area contributed by atoms with E-state index in [0.717, 1.165) is 0 Å². The number of phenolic OH excluding ortho intramolecular Hbond substituents is 2. The molecular weight excluding hydrogens is 269 g/mol. The zero-order valence-electron chi connectivity index (χ0n) is 10.2. The number of benzene rings is 2. The lowest BCUT2D eigenvalue weighted by molar-refractivity contribution is 0.451. The third-order valence-electron chi connectivity index (χ3n) is 2.80. The molecule has 0 spiro atoms. The maximum absolute atomic E-state index is 13.6. The topological polar surface area (TPSA) is 52.5 Å². The first-order valence-electron chi connectivity index (χ1n) is 5.71. The van der Waals surface area contributed by atoms with Crippen molar-refractivity contribution in [2.75, 3.05) is 5.32 Å². The molecular formula is C14H13ClFNO2. The molecule has 1 unspecified atom stereocenters. The number of anilines is 1. The molecule has 2 rings (SSSR count). The zero-order chi connectivity index (χ0) is 14.0. The van der Waals surface area contributed by atoms with Gasteiger partial charge >= 0.3 is 0 Å². The predicted octanol–water partition coefficient (Wildman–Crippen LogP) is 4.06. The van der Waals surface area contributed by atoms with Crippen LogP contribution in [0.4, 0.5) is 10.1 Å². The molecule has 5 heteroatoms. The fourth-order valence-electron chi connectivity index (χ4n) is 1.82. The monoisotopic (exact) mass is 281 g/mol. The van der Waals surface area contributed by atoms with Gasteiger partial charge < -0.3 is 15.5 Å². The van der Waals surface area contributed by atoms with Crippen molar-refractivity contribution in [3.8, 4) is 11.5 Å². The summed E-state index contributed by atoms with van der Waals surface area (Å²) in [5, 5.41) is 22.3. The summed E-state index contributed by atoms with van der Waals surface area (Å²) in [4.78, 5) is 0. The van der Waals surface area contributed by atoms with Crippen LogP contribution in [-0.4, -0.2) is 10.2 Å². The number of para-hydroxylation sites is 1. The van der Waals surface area contributed by atoms with Crippen molar-refractivity contribution in [3.05, 3.63) is 52.8 Å². The first kappa shape index (κ1) is 13.5. The van der Waals surface area contributed by atoms with Crippen LogP contribution >= 0.6 is 11.6 Å². The van der Waals surface area contributed by atoms with E-state index in [1.165, 1.54) is 30.3 Å². The highest BCUT2D eigenvalue weighted by molar-refractivity contribution is 6.33. The summed E-state index contributed by atoms with van der Waals surface area (Å²) in [7, 11) is 0. The second-order valence-electron chi connectivity index (χ2n) is 4.21. The van der Waals surface area contributed by atoms with Gasteiger partial charge in [-0.25, -0.2) is 4.39 Å². The van der Waals surface area contributed by atoms with E-state index in [1.54, 1.807) is 13.0 Å². The van der Waals surface area contributed by atoms with Crippen LogP contribution in [0, 0.1) is 5.82 Å². The van der Waals surface area contributed by atoms with Crippen molar-refractivity contribution in [3.63, 3.8) is 0 Å². The van der Waals surface area contributed by atoms with Crippen molar-refractivity contribution >= 4 is 17.3 Å². The van der Waals surface area contributed by atoms with E-state index in [-0.39, 0.29) is 22.2 Å². The lowest BCUT2D eigenvalue weighted by Gasteiger charge is -2.18. The molecule has 3 N–H and O–H groups in total. The molecule has 0 amide bonds. The van der Waals surface area contributed by atoms with Crippen LogP contribution in [0.1, 0.15) is 18.5 Å². The van der Waals surface area contributed by atoms with Crippen LogP contribution in [-0.2, 0) is 0 Å². The summed E-state index contributed by atoms with van der Waals surface area (Å²) in [6, 6.07) is 8.14. The maximum Gasteiger partial charge on any atom is 0.147 e. The normalized spacial score (nSPS) is 12.2. The molecule has 0 heterocycles. The summed E-state index contributed by atoms with van der Waals surface area (Å²) in [6.07, 6.45) is 0. The average Bonchev–Trinajstić information content (AvgIpc) is 2.37. The molecule has 1 atom stereocenters. The van der Waals surface area contributed by atoms with Gasteiger partial charge in [-0.3, -0.25) is 0 Å². The molecule has 0 fully saturated rings. The molecule has 0 aliphatic heterocycles. The Kier molecular flexibility index (Phi) is 3.81. The third-order valence-corrected chi connectivity index (χ3v) is 3.12. The average molecular weight is 282 g/mol. The summed E-state index contributed by atoms with van der Waals surface area (Å²) in [6.45, 7) is 1.73. The molecule has 0 bridgehead atoms. The maximum atomic E-state index is 13.6. The SMILES string of the molecule is CC(Nc1c(F)cccc1Cl)c1cc(O)ccc1O. The molecule has 3 nitrogen and oxygen atoms in total. The molecule has 2 aromatic carbocycles. The predicted molar refractivity (Wildman–Crippen MR) is 73.2 cm³/mol. The molecule has 19 heavy (non-hydrogen) atoms. The molecule has 0 aliphatic carbocycles. The number of aromatic hydroxyl groups is 2. The number of phenols is 2. The van der Waals surface area contributed by atoms with E-state index in [9.17, 15) is 14.6 Å². The van der Waals surface area contributed by atoms with Crippen molar-refractivity contribution in [1.29, 1.82) is 0 Å². The quantitative estimate of drug-likeness (QED) is 0.744. The number of rotatable bonds is 3. The highest BCUT2D eigenvalue weighted by Crippen LogP contribution is 2.33. The minimum Gasteiger partial charge on any atom is -0.508 e. The van der Waals surface area contributed by atoms with Gasteiger partial charge in [-0.1, -0.05) is 17.7 Å². The zero-order valence-corrected chi connectivity index (χ0v) is 10.9. The first-order chi connectivity index (χ1) is 8.99. The Morgan fingerprint density at radius 1 is 1.21 bits per heavy atom. The number of hydrogen-bond donors (Lipinski definition) is 3. The summed E-state index contributed by atoms with van der Waals surface area (Å²) >= 11 is 5.92. The molecule has 2 aromatic rings. The van der Waals surface area contributed by atoms with Gasteiger partial charge in [-0.15, -0.1) is 0 Å². The highest BCUT2D eigenvalue weighted by Gasteiger charge is 2.14. The fourth-order valence-corrected chi connectivity index (χ4v) is 2.04. The summed E-state index contributed by atoms with van der Waals surface area (Å²) in [5.41, 5.74) is 0.624. The Bertz CT molecular complexity index is 584. The van der Waals surface area contributed by atoms with Crippen LogP contribution in [0.3, 0.4) is 0 Å². The van der Waals surface area contributed by atoms with Gasteiger partial charge in [0.15, 0.2) is 0 Å². The number of halogens is 2. The largest absolute Gasteiger partial charge is 0.508 e. The lowest BCUT2D eigenvalue weighted by Crippen LogP contribution is -2.08. The van der Waals surface area contributed by atoms with E-state index in [4.69, 9.17) is 11.6 Å². The molecule has 100 valence electrons. The molecule has 0 radical (unpaired) electrons. The van der Waals surface area contributed by atoms with Gasteiger partial charge in [0.25, 0.3) is 0 Å². The van der Waals surface area contributed by atoms with Crippen LogP contribution in [0.2, 0.25) is 5.02 Å². The lowest BCUT2D eigenvalue weighted by atomic mass is 10.1. The number of hydrogen-bond acceptors (Lipinski definition) is 3. The smallest absolute Gasteiger partial charge is 0.147 e. The minimum absolute atomic E-state index is 0.0188. The summed E-state index contributed by atoms with van der Waals surface area (Å²) < 4.78 is 13.6. The Morgan fingerprint density at radius 3 is 2.63 bits per heavy atom. The molecule has 0 aromatic heterocycles. The van der Waals surface area contributed by atoms with Crippen LogP contribution in [0.5, 0.6) is 11.5 Å². The fraction of sp³-hybridized carbons (Fsp3) is 0.143. The van der Waals surface area contributed by atoms with Gasteiger partial charge in [0, 0.05) is 5.56 Å². The van der Waals surface area contributed by atoms with E-state index in [1.807, 2.05) is 0 Å². The molecule has 0 saturated heterocycles. The van der Waals surface area contributed by atoms with E-state index >= 15 is 0 Å². The first-order valence-corrected chi connectivity index (χ1v) is 6.09. The van der Waals surface area contributed by atoms with Gasteiger partial charge in [0.1, 0.15) is 17.3 Å². The van der Waals surface area contributed by atoms with Crippen molar-refractivity contribution in [2.45, 2.75) is 13.0 Å². The van der Waals surface area contributed by atoms with E-state index in [0.29, 0.717) is 5.56 Å². The second kappa shape index (κ2) is 5.36. The van der Waals surface area contributed by atoms with Gasteiger partial charge in [0.05, 0.1) is 16.8 Å². The van der Waals surface area contributed by atoms with Crippen LogP contribution in [0.25, 0.3) is 0 Å². The summed E-state index contributed by atoms with van der Waals surface area (Å²) in [5.74, 6) is -0.426. The Balaban J connectivity index is 2.31. The third kappa shape index (κ3) is 2.90. The van der Waals surface area contributed by atoms with Crippen LogP contribution < -0.4 is 5.32 Å². The Morgan fingerprint density at radius 2 is 1.95 bits per heavy atom. The van der Waals surface area contributed by atoms with Gasteiger partial charge in [-0.05, 0) is 37.3 Å². The standard InChI is InChI=1S/C14H13ClFNO2/c1-8(10-7-9(18)5-6-13(10)19)17-14-11(15)3-2-4-12(14)16/h2-8,17-19H,1H3. The Hall–Kier alpha value is -1.94. The van der Waals surface area contributed by atoms with E-state index < -0.39 is 11.9 Å². The minimum atomic E-state index is -0.473. The van der Waals surface area contributed by atoms with Crippen molar-refractivity contribution < 1.29 is 14.6 Å². The Labute approximate surface area is 115 Å². The molecule has 0 saturated carbocycles. The van der Waals surface area contributed by atoms with E-state index in [2.05, 4.69) is 5.32 Å². The van der Waals surface area contributed by atoms with Crippen LogP contribution in [0.15, 0.2) is 36.4 Å². The van der Waals surface area contributed by atoms with Crippen molar-refractivity contribution in [1.82, 2.24) is 0 Å².